The van der Waals surface area contributed by atoms with Crippen LogP contribution >= 0.6 is 0 Å². The number of halogens is 3. The lowest BCUT2D eigenvalue weighted by molar-refractivity contribution is -0.138. The van der Waals surface area contributed by atoms with Gasteiger partial charge in [-0.05, 0) is 30.9 Å². The Bertz CT molecular complexity index is 460. The molecule has 0 saturated carbocycles. The van der Waals surface area contributed by atoms with Crippen LogP contribution in [0.4, 0.5) is 18.9 Å². The Labute approximate surface area is 122 Å². The van der Waals surface area contributed by atoms with Crippen molar-refractivity contribution >= 4 is 11.7 Å². The summed E-state index contributed by atoms with van der Waals surface area (Å²) in [6, 6.07) is 5.36. The van der Waals surface area contributed by atoms with Crippen LogP contribution in [-0.4, -0.2) is 17.6 Å². The van der Waals surface area contributed by atoms with Gasteiger partial charge in [0.15, 0.2) is 0 Å². The number of rotatable bonds is 8. The first-order valence-corrected chi connectivity index (χ1v) is 6.96. The van der Waals surface area contributed by atoms with Crippen LogP contribution < -0.4 is 5.32 Å². The zero-order valence-corrected chi connectivity index (χ0v) is 11.9. The van der Waals surface area contributed by atoms with Gasteiger partial charge in [-0.25, -0.2) is 0 Å². The SMILES string of the molecule is CCC(CCNc1ccccc1C(F)(F)F)CCC(=O)O. The van der Waals surface area contributed by atoms with Crippen LogP contribution in [0.5, 0.6) is 0 Å². The van der Waals surface area contributed by atoms with Gasteiger partial charge in [0.05, 0.1) is 5.56 Å². The van der Waals surface area contributed by atoms with E-state index in [0.717, 1.165) is 12.5 Å². The third kappa shape index (κ3) is 6.06. The molecule has 1 aromatic carbocycles. The van der Waals surface area contributed by atoms with Gasteiger partial charge in [0, 0.05) is 18.7 Å². The number of benzene rings is 1. The molecule has 0 heterocycles. The number of hydrogen-bond acceptors (Lipinski definition) is 2. The molecule has 0 aliphatic carbocycles. The van der Waals surface area contributed by atoms with E-state index in [-0.39, 0.29) is 18.0 Å². The summed E-state index contributed by atoms with van der Waals surface area (Å²) < 4.78 is 38.4. The summed E-state index contributed by atoms with van der Waals surface area (Å²) >= 11 is 0. The maximum Gasteiger partial charge on any atom is 0.418 e. The molecule has 1 atom stereocenters. The van der Waals surface area contributed by atoms with E-state index < -0.39 is 17.7 Å². The zero-order valence-electron chi connectivity index (χ0n) is 11.9. The van der Waals surface area contributed by atoms with Crippen LogP contribution in [0.1, 0.15) is 38.2 Å². The molecule has 118 valence electrons. The molecule has 0 spiro atoms. The third-order valence-electron chi connectivity index (χ3n) is 3.44. The summed E-state index contributed by atoms with van der Waals surface area (Å²) in [4.78, 5) is 10.5. The number of carboxylic acid groups (broad SMARTS) is 1. The first-order valence-electron chi connectivity index (χ1n) is 6.96. The standard InChI is InChI=1S/C15H20F3NO2/c1-2-11(7-8-14(20)21)9-10-19-13-6-4-3-5-12(13)15(16,17)18/h3-6,11,19H,2,7-10H2,1H3,(H,20,21). The topological polar surface area (TPSA) is 49.3 Å². The van der Waals surface area contributed by atoms with Crippen molar-refractivity contribution < 1.29 is 23.1 Å². The molecule has 0 aromatic heterocycles. The van der Waals surface area contributed by atoms with E-state index in [0.29, 0.717) is 19.4 Å². The quantitative estimate of drug-likeness (QED) is 0.748. The highest BCUT2D eigenvalue weighted by molar-refractivity contribution is 5.66. The molecule has 1 unspecified atom stereocenters. The molecule has 1 rings (SSSR count). The highest BCUT2D eigenvalue weighted by atomic mass is 19.4. The number of hydrogen-bond donors (Lipinski definition) is 2. The predicted octanol–water partition coefficient (Wildman–Crippen LogP) is 4.40. The van der Waals surface area contributed by atoms with Gasteiger partial charge in [0.25, 0.3) is 0 Å². The van der Waals surface area contributed by atoms with E-state index in [1.807, 2.05) is 6.92 Å². The van der Waals surface area contributed by atoms with Crippen molar-refractivity contribution in [1.29, 1.82) is 0 Å². The van der Waals surface area contributed by atoms with Crippen molar-refractivity contribution in [3.63, 3.8) is 0 Å². The van der Waals surface area contributed by atoms with Crippen LogP contribution in [0.25, 0.3) is 0 Å². The molecule has 0 amide bonds. The fraction of sp³-hybridized carbons (Fsp3) is 0.533. The average Bonchev–Trinajstić information content (AvgIpc) is 2.41. The maximum atomic E-state index is 12.8. The van der Waals surface area contributed by atoms with Crippen LogP contribution in [0.3, 0.4) is 0 Å². The van der Waals surface area contributed by atoms with E-state index in [1.165, 1.54) is 12.1 Å². The molecule has 1 aromatic rings. The second kappa shape index (κ2) is 7.90. The van der Waals surface area contributed by atoms with Crippen molar-refractivity contribution in [3.05, 3.63) is 29.8 Å². The fourth-order valence-corrected chi connectivity index (χ4v) is 2.18. The fourth-order valence-electron chi connectivity index (χ4n) is 2.18. The zero-order chi connectivity index (χ0) is 15.9. The Morgan fingerprint density at radius 2 is 1.95 bits per heavy atom. The van der Waals surface area contributed by atoms with Gasteiger partial charge in [-0.1, -0.05) is 25.5 Å². The predicted molar refractivity (Wildman–Crippen MR) is 75.2 cm³/mol. The minimum absolute atomic E-state index is 0.0677. The van der Waals surface area contributed by atoms with Crippen molar-refractivity contribution in [2.45, 2.75) is 38.8 Å². The first-order chi connectivity index (χ1) is 9.84. The molecule has 0 bridgehead atoms. The lowest BCUT2D eigenvalue weighted by Crippen LogP contribution is -2.14. The van der Waals surface area contributed by atoms with Gasteiger partial charge in [-0.3, -0.25) is 4.79 Å². The Balaban J connectivity index is 2.54. The molecular formula is C15H20F3NO2. The lowest BCUT2D eigenvalue weighted by atomic mass is 9.96. The van der Waals surface area contributed by atoms with E-state index in [9.17, 15) is 18.0 Å². The second-order valence-corrected chi connectivity index (χ2v) is 4.97. The van der Waals surface area contributed by atoms with Gasteiger partial charge < -0.3 is 10.4 Å². The molecule has 0 aliphatic rings. The van der Waals surface area contributed by atoms with Gasteiger partial charge in [-0.15, -0.1) is 0 Å². The first kappa shape index (κ1) is 17.3. The third-order valence-corrected chi connectivity index (χ3v) is 3.44. The number of nitrogens with one attached hydrogen (secondary N) is 1. The smallest absolute Gasteiger partial charge is 0.418 e. The van der Waals surface area contributed by atoms with Crippen molar-refractivity contribution in [1.82, 2.24) is 0 Å². The van der Waals surface area contributed by atoms with Gasteiger partial charge in [0.1, 0.15) is 0 Å². The van der Waals surface area contributed by atoms with Gasteiger partial charge >= 0.3 is 12.1 Å². The number of carbonyl (C=O) groups is 1. The number of para-hydroxylation sites is 1. The summed E-state index contributed by atoms with van der Waals surface area (Å²) in [5.74, 6) is -0.643. The largest absolute Gasteiger partial charge is 0.481 e. The monoisotopic (exact) mass is 303 g/mol. The van der Waals surface area contributed by atoms with Crippen LogP contribution in [0.2, 0.25) is 0 Å². The van der Waals surface area contributed by atoms with Crippen LogP contribution in [0, 0.1) is 5.92 Å². The van der Waals surface area contributed by atoms with Crippen molar-refractivity contribution in [2.75, 3.05) is 11.9 Å². The number of carboxylic acids is 1. The molecule has 0 saturated heterocycles. The minimum Gasteiger partial charge on any atom is -0.481 e. The second-order valence-electron chi connectivity index (χ2n) is 4.97. The molecule has 6 heteroatoms. The minimum atomic E-state index is -4.38. The summed E-state index contributed by atoms with van der Waals surface area (Å²) in [5.41, 5.74) is -0.610. The normalized spacial score (nSPS) is 13.0. The molecule has 2 N–H and O–H groups in total. The highest BCUT2D eigenvalue weighted by Gasteiger charge is 2.32. The Kier molecular flexibility index (Phi) is 6.52. The lowest BCUT2D eigenvalue weighted by Gasteiger charge is -2.17. The molecule has 3 nitrogen and oxygen atoms in total. The summed E-state index contributed by atoms with van der Waals surface area (Å²) in [6.45, 7) is 2.35. The van der Waals surface area contributed by atoms with Crippen molar-refractivity contribution in [2.24, 2.45) is 5.92 Å². The van der Waals surface area contributed by atoms with E-state index in [4.69, 9.17) is 5.11 Å². The van der Waals surface area contributed by atoms with Crippen LogP contribution in [-0.2, 0) is 11.0 Å². The summed E-state index contributed by atoms with van der Waals surface area (Å²) in [6.07, 6.45) is -2.27. The number of aliphatic carboxylic acids is 1. The van der Waals surface area contributed by atoms with Gasteiger partial charge in [-0.2, -0.15) is 13.2 Å². The highest BCUT2D eigenvalue weighted by Crippen LogP contribution is 2.34. The number of alkyl halides is 3. The molecule has 0 aliphatic heterocycles. The van der Waals surface area contributed by atoms with Gasteiger partial charge in [0.2, 0.25) is 0 Å². The molecular weight excluding hydrogens is 283 g/mol. The van der Waals surface area contributed by atoms with E-state index >= 15 is 0 Å². The van der Waals surface area contributed by atoms with E-state index in [2.05, 4.69) is 5.32 Å². The average molecular weight is 303 g/mol. The molecule has 0 radical (unpaired) electrons. The summed E-state index contributed by atoms with van der Waals surface area (Å²) in [7, 11) is 0. The molecule has 0 fully saturated rings. The van der Waals surface area contributed by atoms with Crippen LogP contribution in [0.15, 0.2) is 24.3 Å². The van der Waals surface area contributed by atoms with E-state index in [1.54, 1.807) is 6.07 Å². The maximum absolute atomic E-state index is 12.8. The Hall–Kier alpha value is -1.72. The van der Waals surface area contributed by atoms with Crippen molar-refractivity contribution in [3.8, 4) is 0 Å². The Morgan fingerprint density at radius 3 is 2.52 bits per heavy atom. The molecule has 21 heavy (non-hydrogen) atoms. The number of anilines is 1. The summed E-state index contributed by atoms with van der Waals surface area (Å²) in [5, 5.41) is 11.5. The Morgan fingerprint density at radius 1 is 1.29 bits per heavy atom.